The monoisotopic (exact) mass is 278 g/mol. The van der Waals surface area contributed by atoms with Crippen molar-refractivity contribution in [1.29, 1.82) is 0 Å². The normalized spacial score (nSPS) is 15.2. The van der Waals surface area contributed by atoms with Crippen LogP contribution in [0.3, 0.4) is 0 Å². The fourth-order valence-corrected chi connectivity index (χ4v) is 2.28. The van der Waals surface area contributed by atoms with Crippen LogP contribution in [0, 0.1) is 0 Å². The number of carbonyl (C=O) groups is 1. The van der Waals surface area contributed by atoms with Gasteiger partial charge in [0.05, 0.1) is 7.11 Å². The Morgan fingerprint density at radius 3 is 2.55 bits per heavy atom. The van der Waals surface area contributed by atoms with Gasteiger partial charge in [0.2, 0.25) is 0 Å². The fraction of sp³-hybridized carbons (Fsp3) is 0.533. The summed E-state index contributed by atoms with van der Waals surface area (Å²) in [4.78, 5) is 15.5. The number of hydrogen-bond donors (Lipinski definition) is 0. The number of ether oxygens (including phenoxy) is 2. The third-order valence-electron chi connectivity index (χ3n) is 3.40. The molecule has 1 heterocycles. The molecule has 1 fully saturated rings. The highest BCUT2D eigenvalue weighted by atomic mass is 16.6. The first-order chi connectivity index (χ1) is 9.60. The molecule has 0 saturated carbocycles. The zero-order valence-corrected chi connectivity index (χ0v) is 12.4. The van der Waals surface area contributed by atoms with Crippen LogP contribution >= 0.6 is 0 Å². The molecule has 0 aliphatic carbocycles. The molecule has 20 heavy (non-hydrogen) atoms. The Balaban J connectivity index is 2.12. The SMILES string of the molecule is COc1ccc(CN2CCCC2)cc1OC(=O)N(C)C. The lowest BCUT2D eigenvalue weighted by Crippen LogP contribution is -2.25. The van der Waals surface area contributed by atoms with Crippen molar-refractivity contribution >= 4 is 6.09 Å². The van der Waals surface area contributed by atoms with E-state index < -0.39 is 6.09 Å². The van der Waals surface area contributed by atoms with Gasteiger partial charge < -0.3 is 14.4 Å². The molecule has 110 valence electrons. The average molecular weight is 278 g/mol. The van der Waals surface area contributed by atoms with E-state index in [0.717, 1.165) is 25.2 Å². The quantitative estimate of drug-likeness (QED) is 0.848. The number of benzene rings is 1. The average Bonchev–Trinajstić information content (AvgIpc) is 2.92. The van der Waals surface area contributed by atoms with E-state index in [1.54, 1.807) is 21.2 Å². The molecular formula is C15H22N2O3. The van der Waals surface area contributed by atoms with E-state index in [4.69, 9.17) is 9.47 Å². The van der Waals surface area contributed by atoms with Crippen molar-refractivity contribution in [3.05, 3.63) is 23.8 Å². The van der Waals surface area contributed by atoms with Gasteiger partial charge in [-0.15, -0.1) is 0 Å². The van der Waals surface area contributed by atoms with Crippen LogP contribution in [-0.4, -0.2) is 50.2 Å². The Labute approximate surface area is 120 Å². The molecule has 2 rings (SSSR count). The summed E-state index contributed by atoms with van der Waals surface area (Å²) in [6, 6.07) is 5.76. The first kappa shape index (κ1) is 14.7. The van der Waals surface area contributed by atoms with E-state index in [0.29, 0.717) is 11.5 Å². The minimum absolute atomic E-state index is 0.401. The number of rotatable bonds is 4. The molecular weight excluding hydrogens is 256 g/mol. The lowest BCUT2D eigenvalue weighted by molar-refractivity contribution is 0.170. The van der Waals surface area contributed by atoms with Crippen molar-refractivity contribution in [2.45, 2.75) is 19.4 Å². The van der Waals surface area contributed by atoms with E-state index in [1.165, 1.54) is 17.7 Å². The molecule has 0 bridgehead atoms. The van der Waals surface area contributed by atoms with Crippen LogP contribution in [0.25, 0.3) is 0 Å². The topological polar surface area (TPSA) is 42.0 Å². The van der Waals surface area contributed by atoms with Crippen LogP contribution in [0.5, 0.6) is 11.5 Å². The van der Waals surface area contributed by atoms with E-state index in [9.17, 15) is 4.79 Å². The molecule has 1 aromatic carbocycles. The van der Waals surface area contributed by atoms with E-state index in [-0.39, 0.29) is 0 Å². The van der Waals surface area contributed by atoms with Crippen molar-refractivity contribution in [2.24, 2.45) is 0 Å². The Hall–Kier alpha value is -1.75. The molecule has 0 aromatic heterocycles. The van der Waals surface area contributed by atoms with Crippen LogP contribution in [-0.2, 0) is 6.54 Å². The summed E-state index contributed by atoms with van der Waals surface area (Å²) in [7, 11) is 4.88. The minimum atomic E-state index is -0.401. The number of hydrogen-bond acceptors (Lipinski definition) is 4. The summed E-state index contributed by atoms with van der Waals surface area (Å²) in [5, 5.41) is 0. The highest BCUT2D eigenvalue weighted by Crippen LogP contribution is 2.29. The summed E-state index contributed by atoms with van der Waals surface area (Å²) in [5.74, 6) is 1.05. The first-order valence-corrected chi connectivity index (χ1v) is 6.88. The first-order valence-electron chi connectivity index (χ1n) is 6.88. The van der Waals surface area contributed by atoms with Crippen molar-refractivity contribution in [3.8, 4) is 11.5 Å². The van der Waals surface area contributed by atoms with Crippen molar-refractivity contribution < 1.29 is 14.3 Å². The number of nitrogens with zero attached hydrogens (tertiary/aromatic N) is 2. The smallest absolute Gasteiger partial charge is 0.414 e. The van der Waals surface area contributed by atoms with Gasteiger partial charge in [-0.05, 0) is 43.6 Å². The summed E-state index contributed by atoms with van der Waals surface area (Å²) < 4.78 is 10.6. The Bertz CT molecular complexity index is 468. The zero-order chi connectivity index (χ0) is 14.5. The van der Waals surface area contributed by atoms with Crippen LogP contribution in [0.1, 0.15) is 18.4 Å². The summed E-state index contributed by atoms with van der Waals surface area (Å²) in [6.07, 6.45) is 2.12. The largest absolute Gasteiger partial charge is 0.493 e. The fourth-order valence-electron chi connectivity index (χ4n) is 2.28. The van der Waals surface area contributed by atoms with Crippen LogP contribution < -0.4 is 9.47 Å². The molecule has 0 radical (unpaired) electrons. The van der Waals surface area contributed by atoms with Crippen molar-refractivity contribution in [3.63, 3.8) is 0 Å². The predicted molar refractivity (Wildman–Crippen MR) is 77.2 cm³/mol. The van der Waals surface area contributed by atoms with Gasteiger partial charge in [-0.25, -0.2) is 4.79 Å². The summed E-state index contributed by atoms with van der Waals surface area (Å²) in [6.45, 7) is 3.16. The molecule has 0 unspecified atom stereocenters. The van der Waals surface area contributed by atoms with Gasteiger partial charge in [0, 0.05) is 20.6 Å². The van der Waals surface area contributed by atoms with E-state index in [1.807, 2.05) is 18.2 Å². The summed E-state index contributed by atoms with van der Waals surface area (Å²) >= 11 is 0. The van der Waals surface area contributed by atoms with Gasteiger partial charge in [0.15, 0.2) is 11.5 Å². The third-order valence-corrected chi connectivity index (χ3v) is 3.40. The Morgan fingerprint density at radius 2 is 1.95 bits per heavy atom. The lowest BCUT2D eigenvalue weighted by atomic mass is 10.2. The van der Waals surface area contributed by atoms with E-state index >= 15 is 0 Å². The van der Waals surface area contributed by atoms with Gasteiger partial charge in [-0.1, -0.05) is 6.07 Å². The third kappa shape index (κ3) is 3.63. The van der Waals surface area contributed by atoms with Crippen LogP contribution in [0.2, 0.25) is 0 Å². The standard InChI is InChI=1S/C15H22N2O3/c1-16(2)15(18)20-14-10-12(6-7-13(14)19-3)11-17-8-4-5-9-17/h6-7,10H,4-5,8-9,11H2,1-3H3. The highest BCUT2D eigenvalue weighted by Gasteiger charge is 2.15. The number of carbonyl (C=O) groups excluding carboxylic acids is 1. The molecule has 1 aliphatic rings. The minimum Gasteiger partial charge on any atom is -0.493 e. The number of methoxy groups -OCH3 is 1. The second-order valence-electron chi connectivity index (χ2n) is 5.23. The number of amides is 1. The van der Waals surface area contributed by atoms with Gasteiger partial charge in [-0.2, -0.15) is 0 Å². The molecule has 0 spiro atoms. The molecule has 1 aromatic rings. The Kier molecular flexibility index (Phi) is 4.84. The van der Waals surface area contributed by atoms with E-state index in [2.05, 4.69) is 4.90 Å². The van der Waals surface area contributed by atoms with Crippen LogP contribution in [0.4, 0.5) is 4.79 Å². The molecule has 1 saturated heterocycles. The van der Waals surface area contributed by atoms with Crippen LogP contribution in [0.15, 0.2) is 18.2 Å². The van der Waals surface area contributed by atoms with Crippen molar-refractivity contribution in [2.75, 3.05) is 34.3 Å². The van der Waals surface area contributed by atoms with Gasteiger partial charge in [0.25, 0.3) is 0 Å². The Morgan fingerprint density at radius 1 is 1.25 bits per heavy atom. The second kappa shape index (κ2) is 6.61. The molecule has 5 nitrogen and oxygen atoms in total. The maximum Gasteiger partial charge on any atom is 0.414 e. The molecule has 0 atom stereocenters. The maximum absolute atomic E-state index is 11.7. The maximum atomic E-state index is 11.7. The second-order valence-corrected chi connectivity index (χ2v) is 5.23. The summed E-state index contributed by atoms with van der Waals surface area (Å²) in [5.41, 5.74) is 1.13. The van der Waals surface area contributed by atoms with Gasteiger partial charge in [-0.3, -0.25) is 4.90 Å². The molecule has 1 amide bonds. The zero-order valence-electron chi connectivity index (χ0n) is 12.4. The molecule has 0 N–H and O–H groups in total. The predicted octanol–water partition coefficient (Wildman–Crippen LogP) is 2.35. The molecule has 5 heteroatoms. The lowest BCUT2D eigenvalue weighted by Gasteiger charge is -2.17. The number of likely N-dealkylation sites (tertiary alicyclic amines) is 1. The van der Waals surface area contributed by atoms with Crippen molar-refractivity contribution in [1.82, 2.24) is 9.80 Å². The van der Waals surface area contributed by atoms with Gasteiger partial charge >= 0.3 is 6.09 Å². The van der Waals surface area contributed by atoms with Gasteiger partial charge in [0.1, 0.15) is 0 Å². The highest BCUT2D eigenvalue weighted by molar-refractivity contribution is 5.71. The molecule has 1 aliphatic heterocycles.